The van der Waals surface area contributed by atoms with Gasteiger partial charge in [0.25, 0.3) is 0 Å². The van der Waals surface area contributed by atoms with E-state index in [1.54, 1.807) is 0 Å². The van der Waals surface area contributed by atoms with Gasteiger partial charge in [-0.1, -0.05) is 152 Å². The van der Waals surface area contributed by atoms with E-state index >= 15 is 0 Å². The highest BCUT2D eigenvalue weighted by molar-refractivity contribution is 6.10. The van der Waals surface area contributed by atoms with Crippen LogP contribution in [0, 0.1) is 0 Å². The molecule has 4 nitrogen and oxygen atoms in total. The molecule has 0 radical (unpaired) electrons. The molecule has 10 rings (SSSR count). The lowest BCUT2D eigenvalue weighted by Crippen LogP contribution is -2.17. The highest BCUT2D eigenvalue weighted by Gasteiger charge is 2.22. The number of para-hydroxylation sites is 2. The topological polar surface area (TPSA) is 42.2 Å². The van der Waals surface area contributed by atoms with Crippen LogP contribution in [0.2, 0.25) is 0 Å². The van der Waals surface area contributed by atoms with Crippen LogP contribution in [0.4, 0.5) is 11.4 Å². The number of allylic oxidation sites excluding steroid dienone is 3. The van der Waals surface area contributed by atoms with Crippen molar-refractivity contribution < 1.29 is 4.42 Å². The third-order valence-electron chi connectivity index (χ3n) is 10.4. The largest absolute Gasteiger partial charge is 0.454 e. The molecule has 0 saturated carbocycles. The van der Waals surface area contributed by atoms with E-state index in [1.165, 1.54) is 10.9 Å². The van der Waals surface area contributed by atoms with Gasteiger partial charge in [0.05, 0.1) is 17.1 Å². The Bertz CT molecular complexity index is 2850. The van der Waals surface area contributed by atoms with Crippen molar-refractivity contribution in [3.8, 4) is 33.9 Å². The summed E-state index contributed by atoms with van der Waals surface area (Å²) in [5.41, 5.74) is 10.9. The molecule has 0 amide bonds. The molecule has 4 heteroatoms. The highest BCUT2D eigenvalue weighted by atomic mass is 16.3. The Labute approximate surface area is 314 Å². The van der Waals surface area contributed by atoms with Crippen LogP contribution in [0.1, 0.15) is 17.9 Å². The van der Waals surface area contributed by atoms with Gasteiger partial charge in [-0.15, -0.1) is 0 Å². The number of benzene rings is 7. The van der Waals surface area contributed by atoms with Gasteiger partial charge < -0.3 is 9.32 Å². The Morgan fingerprint density at radius 1 is 0.556 bits per heavy atom. The van der Waals surface area contributed by atoms with Crippen LogP contribution in [0.25, 0.3) is 66.6 Å². The maximum Gasteiger partial charge on any atom is 0.160 e. The Hall–Kier alpha value is -7.04. The van der Waals surface area contributed by atoms with Gasteiger partial charge in [0.1, 0.15) is 5.58 Å². The van der Waals surface area contributed by atoms with Crippen LogP contribution in [-0.4, -0.2) is 9.97 Å². The van der Waals surface area contributed by atoms with Gasteiger partial charge in [-0.25, -0.2) is 9.97 Å². The molecule has 9 aromatic rings. The van der Waals surface area contributed by atoms with Gasteiger partial charge in [0, 0.05) is 44.8 Å². The van der Waals surface area contributed by atoms with Crippen molar-refractivity contribution in [3.63, 3.8) is 0 Å². The van der Waals surface area contributed by atoms with E-state index in [0.29, 0.717) is 11.7 Å². The van der Waals surface area contributed by atoms with E-state index in [-0.39, 0.29) is 0 Å². The Balaban J connectivity index is 1.09. The molecule has 0 saturated heterocycles. The fraction of sp³-hybridized carbons (Fsp3) is 0.0400. The second-order valence-corrected chi connectivity index (χ2v) is 13.7. The number of hydrogen-bond acceptors (Lipinski definition) is 4. The molecule has 2 heterocycles. The molecule has 1 aliphatic carbocycles. The number of nitrogens with zero attached hydrogens (tertiary/aromatic N) is 3. The predicted octanol–water partition coefficient (Wildman–Crippen LogP) is 13.3. The molecular weight excluding hydrogens is 659 g/mol. The standard InChI is InChI=1S/C50H35N3O/c1-4-14-34(15-5-1)35-26-29-40(30-27-35)53(39-20-8-3-9-21-39)47-25-13-24-44-43-31-28-38(32-48(43)54-49(44)47)50-51-45(37-17-6-2-7-18-37)33-46(52-50)42-23-12-19-36-16-10-11-22-41(36)42/h1-26,28-33,35H,27H2. The van der Waals surface area contributed by atoms with Gasteiger partial charge in [0.2, 0.25) is 0 Å². The number of hydrogen-bond donors (Lipinski definition) is 0. The summed E-state index contributed by atoms with van der Waals surface area (Å²) in [5.74, 6) is 0.995. The van der Waals surface area contributed by atoms with Crippen molar-refractivity contribution in [1.82, 2.24) is 9.97 Å². The molecule has 0 bridgehead atoms. The maximum atomic E-state index is 6.87. The summed E-state index contributed by atoms with van der Waals surface area (Å²) >= 11 is 0. The molecule has 54 heavy (non-hydrogen) atoms. The van der Waals surface area contributed by atoms with E-state index in [1.807, 2.05) is 18.2 Å². The Kier molecular flexibility index (Phi) is 7.92. The number of rotatable bonds is 7. The lowest BCUT2D eigenvalue weighted by atomic mass is 9.91. The molecule has 1 aliphatic rings. The van der Waals surface area contributed by atoms with E-state index in [2.05, 4.69) is 181 Å². The van der Waals surface area contributed by atoms with Gasteiger partial charge >= 0.3 is 0 Å². The smallest absolute Gasteiger partial charge is 0.160 e. The van der Waals surface area contributed by atoms with E-state index < -0.39 is 0 Å². The molecule has 7 aromatic carbocycles. The molecule has 0 fully saturated rings. The van der Waals surface area contributed by atoms with Crippen LogP contribution in [0.15, 0.2) is 204 Å². The zero-order chi connectivity index (χ0) is 35.8. The first-order chi connectivity index (χ1) is 26.8. The van der Waals surface area contributed by atoms with Crippen LogP contribution in [0.3, 0.4) is 0 Å². The summed E-state index contributed by atoms with van der Waals surface area (Å²) in [6, 6.07) is 61.3. The quantitative estimate of drug-likeness (QED) is 0.167. The fourth-order valence-electron chi connectivity index (χ4n) is 7.75. The fourth-order valence-corrected chi connectivity index (χ4v) is 7.75. The number of fused-ring (bicyclic) bond motifs is 4. The number of anilines is 2. The van der Waals surface area contributed by atoms with Crippen molar-refractivity contribution in [2.45, 2.75) is 12.3 Å². The second kappa shape index (κ2) is 13.5. The van der Waals surface area contributed by atoms with Gasteiger partial charge in [-0.2, -0.15) is 0 Å². The zero-order valence-electron chi connectivity index (χ0n) is 29.5. The monoisotopic (exact) mass is 693 g/mol. The SMILES string of the molecule is C1=CC(c2ccccc2)CC=C1N(c1ccccc1)c1cccc2c1oc1cc(-c3nc(-c4ccccc4)cc(-c4cccc5ccccc45)n3)ccc12. The average Bonchev–Trinajstić information content (AvgIpc) is 3.63. The van der Waals surface area contributed by atoms with Gasteiger partial charge in [-0.3, -0.25) is 0 Å². The summed E-state index contributed by atoms with van der Waals surface area (Å²) in [5, 5.41) is 4.45. The van der Waals surface area contributed by atoms with Gasteiger partial charge in [-0.05, 0) is 65.2 Å². The molecule has 0 N–H and O–H groups in total. The Morgan fingerprint density at radius 2 is 1.26 bits per heavy atom. The number of furan rings is 1. The van der Waals surface area contributed by atoms with Crippen molar-refractivity contribution in [3.05, 3.63) is 205 Å². The summed E-state index contributed by atoms with van der Waals surface area (Å²) < 4.78 is 6.87. The van der Waals surface area contributed by atoms with Gasteiger partial charge in [0.15, 0.2) is 11.4 Å². The lowest BCUT2D eigenvalue weighted by Gasteiger charge is -2.29. The second-order valence-electron chi connectivity index (χ2n) is 13.7. The maximum absolute atomic E-state index is 6.87. The van der Waals surface area contributed by atoms with Crippen molar-refractivity contribution in [1.29, 1.82) is 0 Å². The highest BCUT2D eigenvalue weighted by Crippen LogP contribution is 2.42. The van der Waals surface area contributed by atoms with E-state index in [0.717, 1.165) is 78.9 Å². The minimum absolute atomic E-state index is 0.344. The molecule has 0 aliphatic heterocycles. The molecule has 2 aromatic heterocycles. The third kappa shape index (κ3) is 5.75. The molecule has 0 spiro atoms. The van der Waals surface area contributed by atoms with E-state index in [9.17, 15) is 0 Å². The minimum Gasteiger partial charge on any atom is -0.454 e. The summed E-state index contributed by atoms with van der Waals surface area (Å²) in [4.78, 5) is 12.7. The van der Waals surface area contributed by atoms with Crippen molar-refractivity contribution in [2.24, 2.45) is 0 Å². The van der Waals surface area contributed by atoms with E-state index in [4.69, 9.17) is 14.4 Å². The molecule has 1 unspecified atom stereocenters. The molecule has 256 valence electrons. The predicted molar refractivity (Wildman–Crippen MR) is 223 cm³/mol. The summed E-state index contributed by atoms with van der Waals surface area (Å²) in [6.45, 7) is 0. The molecular formula is C50H35N3O. The minimum atomic E-state index is 0.344. The zero-order valence-corrected chi connectivity index (χ0v) is 29.5. The van der Waals surface area contributed by atoms with Crippen LogP contribution >= 0.6 is 0 Å². The van der Waals surface area contributed by atoms with Crippen LogP contribution in [0.5, 0.6) is 0 Å². The Morgan fingerprint density at radius 3 is 2.07 bits per heavy atom. The molecule has 1 atom stereocenters. The normalized spacial score (nSPS) is 14.1. The summed E-state index contributed by atoms with van der Waals surface area (Å²) in [6.07, 6.45) is 7.83. The average molecular weight is 694 g/mol. The van der Waals surface area contributed by atoms with Crippen molar-refractivity contribution in [2.75, 3.05) is 4.90 Å². The first-order valence-corrected chi connectivity index (χ1v) is 18.4. The third-order valence-corrected chi connectivity index (χ3v) is 10.4. The van der Waals surface area contributed by atoms with Crippen LogP contribution in [-0.2, 0) is 0 Å². The van der Waals surface area contributed by atoms with Crippen LogP contribution < -0.4 is 4.90 Å². The first kappa shape index (κ1) is 31.7. The van der Waals surface area contributed by atoms with Crippen molar-refractivity contribution >= 4 is 44.1 Å². The number of aromatic nitrogens is 2. The lowest BCUT2D eigenvalue weighted by molar-refractivity contribution is 0.669. The summed E-state index contributed by atoms with van der Waals surface area (Å²) in [7, 11) is 0. The first-order valence-electron chi connectivity index (χ1n) is 18.4.